The van der Waals surface area contributed by atoms with Gasteiger partial charge in [-0.2, -0.15) is 0 Å². The van der Waals surface area contributed by atoms with E-state index in [-0.39, 0.29) is 52.4 Å². The van der Waals surface area contributed by atoms with Crippen LogP contribution in [0.2, 0.25) is 0 Å². The van der Waals surface area contributed by atoms with Crippen molar-refractivity contribution in [3.8, 4) is 0 Å². The molecule has 0 saturated heterocycles. The van der Waals surface area contributed by atoms with Gasteiger partial charge in [0.1, 0.15) is 38.6 Å². The number of alkyl carbamates (subject to hydrolysis) is 4. The molecule has 14 nitrogen and oxygen atoms in total. The Morgan fingerprint density at radius 1 is 0.414 bits per heavy atom. The Kier molecular flexibility index (Phi) is 19.9. The van der Waals surface area contributed by atoms with Crippen LogP contribution in [-0.2, 0) is 45.4 Å². The van der Waals surface area contributed by atoms with Crippen molar-refractivity contribution in [3.05, 3.63) is 144 Å². The number of rotatable bonds is 23. The molecule has 4 aromatic rings. The van der Waals surface area contributed by atoms with Gasteiger partial charge < -0.3 is 50.4 Å². The highest BCUT2D eigenvalue weighted by Gasteiger charge is 2.34. The third kappa shape index (κ3) is 17.8. The predicted octanol–water partition coefficient (Wildman–Crippen LogP) is 6.49. The summed E-state index contributed by atoms with van der Waals surface area (Å²) in [5.41, 5.74) is 3.23. The average molecular weight is 799 g/mol. The zero-order valence-corrected chi connectivity index (χ0v) is 32.5. The highest BCUT2D eigenvalue weighted by molar-refractivity contribution is 5.69. The molecule has 0 bridgehead atoms. The smallest absolute Gasteiger partial charge is 0.407 e. The molecule has 0 spiro atoms. The van der Waals surface area contributed by atoms with Crippen molar-refractivity contribution >= 4 is 24.4 Å². The molecule has 4 amide bonds. The van der Waals surface area contributed by atoms with Crippen molar-refractivity contribution in [1.29, 1.82) is 0 Å². The number of carbonyl (C=O) groups excluding carboxylic acids is 4. The fourth-order valence-electron chi connectivity index (χ4n) is 5.87. The third-order valence-corrected chi connectivity index (χ3v) is 9.05. The van der Waals surface area contributed by atoms with Gasteiger partial charge in [0.2, 0.25) is 0 Å². The zero-order valence-electron chi connectivity index (χ0n) is 32.5. The van der Waals surface area contributed by atoms with Crippen molar-refractivity contribution in [2.45, 2.75) is 89.2 Å². The number of hydrogen-bond donors (Lipinski definition) is 6. The van der Waals surface area contributed by atoms with Gasteiger partial charge in [-0.05, 0) is 60.8 Å². The maximum absolute atomic E-state index is 13.0. The van der Waals surface area contributed by atoms with Crippen molar-refractivity contribution in [2.24, 2.45) is 0 Å². The largest absolute Gasteiger partial charge is 0.445 e. The molecule has 310 valence electrons. The number of ether oxygens (including phenoxy) is 4. The molecule has 0 heterocycles. The lowest BCUT2D eigenvalue weighted by Gasteiger charge is -2.32. The summed E-state index contributed by atoms with van der Waals surface area (Å²) in [5.74, 6) is 0. The molecule has 0 aromatic heterocycles. The van der Waals surface area contributed by atoms with Gasteiger partial charge in [-0.15, -0.1) is 0 Å². The Balaban J connectivity index is 1.33. The van der Waals surface area contributed by atoms with Crippen LogP contribution in [0.3, 0.4) is 0 Å². The molecule has 4 aromatic carbocycles. The van der Waals surface area contributed by atoms with Crippen molar-refractivity contribution in [3.63, 3.8) is 0 Å². The van der Waals surface area contributed by atoms with Crippen LogP contribution in [0.15, 0.2) is 121 Å². The van der Waals surface area contributed by atoms with Gasteiger partial charge in [0, 0.05) is 13.1 Å². The normalized spacial score (nSPS) is 12.8. The first-order chi connectivity index (χ1) is 28.3. The molecular formula is C44H54N4O10. The maximum Gasteiger partial charge on any atom is 0.407 e. The second kappa shape index (κ2) is 25.9. The fourth-order valence-corrected chi connectivity index (χ4v) is 5.87. The Bertz CT molecular complexity index is 1640. The number of hydrogen-bond acceptors (Lipinski definition) is 10. The lowest BCUT2D eigenvalue weighted by atomic mass is 9.93. The molecule has 0 radical (unpaired) electrons. The van der Waals surface area contributed by atoms with E-state index in [0.29, 0.717) is 25.7 Å². The van der Waals surface area contributed by atoms with Crippen molar-refractivity contribution in [1.82, 2.24) is 21.3 Å². The van der Waals surface area contributed by atoms with Gasteiger partial charge in [0.05, 0.1) is 12.1 Å². The average Bonchev–Trinajstić information content (AvgIpc) is 3.26. The zero-order chi connectivity index (χ0) is 41.2. The minimum Gasteiger partial charge on any atom is -0.445 e. The number of benzene rings is 4. The monoisotopic (exact) mass is 798 g/mol. The number of aliphatic hydroxyl groups excluding tert-OH is 2. The quantitative estimate of drug-likeness (QED) is 0.0357. The van der Waals surface area contributed by atoms with Crippen LogP contribution in [-0.4, -0.2) is 72.0 Å². The minimum absolute atomic E-state index is 0.0156. The van der Waals surface area contributed by atoms with E-state index >= 15 is 0 Å². The lowest BCUT2D eigenvalue weighted by molar-refractivity contribution is -0.0277. The Labute approximate surface area is 339 Å². The lowest BCUT2D eigenvalue weighted by Crippen LogP contribution is -2.56. The molecule has 0 fully saturated rings. The Morgan fingerprint density at radius 3 is 0.983 bits per heavy atom. The summed E-state index contributed by atoms with van der Waals surface area (Å²) < 4.78 is 21.3. The molecule has 14 heteroatoms. The van der Waals surface area contributed by atoms with Gasteiger partial charge in [-0.3, -0.25) is 0 Å². The number of aliphatic hydroxyl groups is 2. The third-order valence-electron chi connectivity index (χ3n) is 9.05. The standard InChI is InChI=1S/C44H54N4O10/c49-39(37(47-43(53)57-31-35-21-9-3-10-22-35)25-13-15-27-45-41(51)55-29-33-17-5-1-6-18-33)40(50)38(48-44(54)58-32-36-23-11-4-12-24-36)26-14-16-28-46-42(52)56-30-34-19-7-2-8-20-34/h1-12,17-24,37-40,49-50H,13-16,25-32H2,(H,45,51)(H,46,52)(H,47,53)(H,48,54)/t37-,38-,39+,40+/m0/s1. The van der Waals surface area contributed by atoms with E-state index in [2.05, 4.69) is 21.3 Å². The van der Waals surface area contributed by atoms with Gasteiger partial charge in [-0.25, -0.2) is 19.2 Å². The van der Waals surface area contributed by atoms with E-state index in [1.807, 2.05) is 97.1 Å². The van der Waals surface area contributed by atoms with Gasteiger partial charge in [0.15, 0.2) is 0 Å². The molecule has 0 aliphatic rings. The van der Waals surface area contributed by atoms with E-state index in [1.54, 1.807) is 24.3 Å². The number of carbonyl (C=O) groups is 4. The molecule has 4 atom stereocenters. The topological polar surface area (TPSA) is 194 Å². The molecule has 0 aliphatic carbocycles. The van der Waals surface area contributed by atoms with E-state index in [4.69, 9.17) is 18.9 Å². The van der Waals surface area contributed by atoms with Crippen LogP contribution in [0.4, 0.5) is 19.2 Å². The molecule has 58 heavy (non-hydrogen) atoms. The van der Waals surface area contributed by atoms with Crippen LogP contribution in [0.1, 0.15) is 60.8 Å². The van der Waals surface area contributed by atoms with E-state index in [0.717, 1.165) is 22.3 Å². The highest BCUT2D eigenvalue weighted by Crippen LogP contribution is 2.16. The molecule has 0 aliphatic heterocycles. The van der Waals surface area contributed by atoms with Gasteiger partial charge in [0.25, 0.3) is 0 Å². The van der Waals surface area contributed by atoms with Crippen LogP contribution in [0.25, 0.3) is 0 Å². The van der Waals surface area contributed by atoms with Crippen LogP contribution in [0.5, 0.6) is 0 Å². The second-order valence-corrected chi connectivity index (χ2v) is 13.6. The molecule has 4 rings (SSSR count). The maximum atomic E-state index is 13.0. The summed E-state index contributed by atoms with van der Waals surface area (Å²) in [6, 6.07) is 34.7. The van der Waals surface area contributed by atoms with Gasteiger partial charge in [-0.1, -0.05) is 121 Å². The highest BCUT2D eigenvalue weighted by atomic mass is 16.6. The van der Waals surface area contributed by atoms with Gasteiger partial charge >= 0.3 is 24.4 Å². The van der Waals surface area contributed by atoms with Crippen LogP contribution < -0.4 is 21.3 Å². The first-order valence-electron chi connectivity index (χ1n) is 19.5. The molecule has 0 unspecified atom stereocenters. The SMILES string of the molecule is O=C(NCCCC[C@H](NC(=O)OCc1ccccc1)[C@@H](O)[C@H](O)[C@H](CCCCNC(=O)OCc1ccccc1)NC(=O)OCc1ccccc1)OCc1ccccc1. The van der Waals surface area contributed by atoms with Crippen molar-refractivity contribution in [2.75, 3.05) is 13.1 Å². The Hall–Kier alpha value is -6.12. The first-order valence-corrected chi connectivity index (χ1v) is 19.5. The summed E-state index contributed by atoms with van der Waals surface area (Å²) >= 11 is 0. The molecular weight excluding hydrogens is 745 g/mol. The Morgan fingerprint density at radius 2 is 0.690 bits per heavy atom. The van der Waals surface area contributed by atoms with E-state index in [9.17, 15) is 29.4 Å². The van der Waals surface area contributed by atoms with Crippen LogP contribution >= 0.6 is 0 Å². The summed E-state index contributed by atoms with van der Waals surface area (Å²) in [6.45, 7) is 0.753. The summed E-state index contributed by atoms with van der Waals surface area (Å²) in [6.07, 6.45) is -3.71. The van der Waals surface area contributed by atoms with E-state index in [1.165, 1.54) is 0 Å². The fraction of sp³-hybridized carbons (Fsp3) is 0.364. The minimum atomic E-state index is -1.56. The van der Waals surface area contributed by atoms with Crippen molar-refractivity contribution < 1.29 is 48.3 Å². The molecule has 0 saturated carbocycles. The van der Waals surface area contributed by atoms with E-state index < -0.39 is 48.7 Å². The first kappa shape index (κ1) is 44.6. The predicted molar refractivity (Wildman–Crippen MR) is 216 cm³/mol. The number of nitrogens with one attached hydrogen (secondary N) is 4. The molecule has 6 N–H and O–H groups in total. The summed E-state index contributed by atoms with van der Waals surface area (Å²) in [4.78, 5) is 50.4. The second-order valence-electron chi connectivity index (χ2n) is 13.6. The summed E-state index contributed by atoms with van der Waals surface area (Å²) in [5, 5.41) is 33.9. The number of unbranched alkanes of at least 4 members (excludes halogenated alkanes) is 2. The number of amides is 4. The van der Waals surface area contributed by atoms with Crippen LogP contribution in [0, 0.1) is 0 Å². The summed E-state index contributed by atoms with van der Waals surface area (Å²) in [7, 11) is 0.